The van der Waals surface area contributed by atoms with E-state index in [2.05, 4.69) is 5.32 Å². The van der Waals surface area contributed by atoms with Crippen LogP contribution in [0.4, 0.5) is 5.69 Å². The summed E-state index contributed by atoms with van der Waals surface area (Å²) in [7, 11) is -1.96. The van der Waals surface area contributed by atoms with Gasteiger partial charge in [-0.25, -0.2) is 8.42 Å². The van der Waals surface area contributed by atoms with E-state index in [0.29, 0.717) is 37.7 Å². The first-order valence-corrected chi connectivity index (χ1v) is 10.2. The third-order valence-electron chi connectivity index (χ3n) is 4.25. The van der Waals surface area contributed by atoms with E-state index in [1.165, 1.54) is 10.4 Å². The Morgan fingerprint density at radius 2 is 1.86 bits per heavy atom. The fourth-order valence-corrected chi connectivity index (χ4v) is 4.15. The van der Waals surface area contributed by atoms with Crippen LogP contribution in [0.3, 0.4) is 0 Å². The molecule has 0 atom stereocenters. The molecule has 0 saturated carbocycles. The maximum atomic E-state index is 12.6. The highest BCUT2D eigenvalue weighted by Gasteiger charge is 2.25. The molecular formula is C20H22N2O5S. The van der Waals surface area contributed by atoms with Gasteiger partial charge in [0.2, 0.25) is 15.9 Å². The fourth-order valence-electron chi connectivity index (χ4n) is 2.74. The molecule has 0 spiro atoms. The average Bonchev–Trinajstić information content (AvgIpc) is 2.73. The molecular weight excluding hydrogens is 380 g/mol. The topological polar surface area (TPSA) is 84.9 Å². The lowest BCUT2D eigenvalue weighted by atomic mass is 10.2. The van der Waals surface area contributed by atoms with Gasteiger partial charge in [0.15, 0.2) is 0 Å². The van der Waals surface area contributed by atoms with Crippen molar-refractivity contribution >= 4 is 27.7 Å². The number of sulfonamides is 1. The Balaban J connectivity index is 1.63. The number of hydrogen-bond acceptors (Lipinski definition) is 5. The van der Waals surface area contributed by atoms with E-state index in [4.69, 9.17) is 9.47 Å². The summed E-state index contributed by atoms with van der Waals surface area (Å²) in [4.78, 5) is 12.3. The zero-order chi connectivity index (χ0) is 20.0. The van der Waals surface area contributed by atoms with Gasteiger partial charge < -0.3 is 14.8 Å². The fraction of sp³-hybridized carbons (Fsp3) is 0.250. The Hall–Kier alpha value is -2.68. The largest absolute Gasteiger partial charge is 0.497 e. The highest BCUT2D eigenvalue weighted by Crippen LogP contribution is 2.19. The standard InChI is InChI=1S/C20H22N2O5S/c1-26-18-4-2-3-17(15-18)21-20(23)10-7-16-5-8-19(9-6-16)28(24,25)22-11-13-27-14-12-22/h2-10,15H,11-14H2,1H3,(H,21,23)/b10-7+. The van der Waals surface area contributed by atoms with Crippen molar-refractivity contribution in [1.29, 1.82) is 0 Å². The molecule has 1 saturated heterocycles. The molecule has 0 aromatic heterocycles. The van der Waals surface area contributed by atoms with Crippen LogP contribution in [0.1, 0.15) is 5.56 Å². The van der Waals surface area contributed by atoms with Crippen molar-refractivity contribution in [3.8, 4) is 5.75 Å². The van der Waals surface area contributed by atoms with Crippen molar-refractivity contribution in [3.63, 3.8) is 0 Å². The number of hydrogen-bond donors (Lipinski definition) is 1. The molecule has 1 N–H and O–H groups in total. The van der Waals surface area contributed by atoms with Crippen molar-refractivity contribution in [2.24, 2.45) is 0 Å². The highest BCUT2D eigenvalue weighted by atomic mass is 32.2. The number of amides is 1. The summed E-state index contributed by atoms with van der Waals surface area (Å²) in [5.41, 5.74) is 1.35. The van der Waals surface area contributed by atoms with Crippen molar-refractivity contribution < 1.29 is 22.7 Å². The first-order valence-electron chi connectivity index (χ1n) is 8.80. The molecule has 28 heavy (non-hydrogen) atoms. The van der Waals surface area contributed by atoms with Gasteiger partial charge in [-0.15, -0.1) is 0 Å². The summed E-state index contributed by atoms with van der Waals surface area (Å²) in [6, 6.07) is 13.5. The summed E-state index contributed by atoms with van der Waals surface area (Å²) in [6.07, 6.45) is 3.02. The van der Waals surface area contributed by atoms with Crippen molar-refractivity contribution in [1.82, 2.24) is 4.31 Å². The first-order chi connectivity index (χ1) is 13.5. The molecule has 1 aliphatic rings. The number of nitrogens with one attached hydrogen (secondary N) is 1. The molecule has 0 aliphatic carbocycles. The molecule has 1 heterocycles. The molecule has 0 unspecified atom stereocenters. The van der Waals surface area contributed by atoms with Gasteiger partial charge in [-0.1, -0.05) is 18.2 Å². The van der Waals surface area contributed by atoms with Crippen LogP contribution in [-0.4, -0.2) is 52.0 Å². The number of ether oxygens (including phenoxy) is 2. The van der Waals surface area contributed by atoms with Crippen LogP contribution in [0.5, 0.6) is 5.75 Å². The number of rotatable bonds is 6. The molecule has 1 amide bonds. The molecule has 8 heteroatoms. The number of nitrogens with zero attached hydrogens (tertiary/aromatic N) is 1. The molecule has 2 aromatic rings. The number of carbonyl (C=O) groups excluding carboxylic acids is 1. The van der Waals surface area contributed by atoms with Crippen molar-refractivity contribution in [2.75, 3.05) is 38.7 Å². The number of morpholine rings is 1. The minimum atomic E-state index is -3.52. The predicted molar refractivity (Wildman–Crippen MR) is 107 cm³/mol. The molecule has 7 nitrogen and oxygen atoms in total. The van der Waals surface area contributed by atoms with Crippen LogP contribution in [-0.2, 0) is 19.6 Å². The lowest BCUT2D eigenvalue weighted by molar-refractivity contribution is -0.111. The van der Waals surface area contributed by atoms with E-state index < -0.39 is 10.0 Å². The second-order valence-corrected chi connectivity index (χ2v) is 8.08. The predicted octanol–water partition coefficient (Wildman–Crippen LogP) is 2.37. The molecule has 3 rings (SSSR count). The zero-order valence-electron chi connectivity index (χ0n) is 15.5. The van der Waals surface area contributed by atoms with Crippen LogP contribution < -0.4 is 10.1 Å². The maximum Gasteiger partial charge on any atom is 0.248 e. The number of carbonyl (C=O) groups is 1. The third kappa shape index (κ3) is 4.98. The lowest BCUT2D eigenvalue weighted by Crippen LogP contribution is -2.40. The minimum absolute atomic E-state index is 0.229. The molecule has 0 bridgehead atoms. The van der Waals surface area contributed by atoms with Crippen LogP contribution in [0.2, 0.25) is 0 Å². The normalized spacial score (nSPS) is 15.5. The quantitative estimate of drug-likeness (QED) is 0.750. The van der Waals surface area contributed by atoms with Gasteiger partial charge in [-0.05, 0) is 35.9 Å². The van der Waals surface area contributed by atoms with Crippen molar-refractivity contribution in [3.05, 3.63) is 60.2 Å². The van der Waals surface area contributed by atoms with Crippen LogP contribution in [0, 0.1) is 0 Å². The lowest BCUT2D eigenvalue weighted by Gasteiger charge is -2.26. The van der Waals surface area contributed by atoms with Crippen LogP contribution in [0.15, 0.2) is 59.5 Å². The number of benzene rings is 2. The Kier molecular flexibility index (Phi) is 6.45. The Labute approximate surface area is 164 Å². The van der Waals surface area contributed by atoms with E-state index >= 15 is 0 Å². The van der Waals surface area contributed by atoms with E-state index in [9.17, 15) is 13.2 Å². The summed E-state index contributed by atoms with van der Waals surface area (Å²) >= 11 is 0. The summed E-state index contributed by atoms with van der Waals surface area (Å²) in [6.45, 7) is 1.52. The van der Waals surface area contributed by atoms with Gasteiger partial charge in [0.05, 0.1) is 25.2 Å². The Morgan fingerprint density at radius 3 is 2.54 bits per heavy atom. The van der Waals surface area contributed by atoms with Gasteiger partial charge >= 0.3 is 0 Å². The minimum Gasteiger partial charge on any atom is -0.497 e. The molecule has 148 valence electrons. The second kappa shape index (κ2) is 9.01. The van der Waals surface area contributed by atoms with Gasteiger partial charge in [-0.2, -0.15) is 4.31 Å². The van der Waals surface area contributed by atoms with Gasteiger partial charge in [0.1, 0.15) is 5.75 Å². The van der Waals surface area contributed by atoms with Crippen molar-refractivity contribution in [2.45, 2.75) is 4.90 Å². The third-order valence-corrected chi connectivity index (χ3v) is 6.17. The van der Waals surface area contributed by atoms with E-state index in [1.54, 1.807) is 61.7 Å². The summed E-state index contributed by atoms with van der Waals surface area (Å²) < 4.78 is 36.9. The van der Waals surface area contributed by atoms with Crippen LogP contribution in [0.25, 0.3) is 6.08 Å². The smallest absolute Gasteiger partial charge is 0.248 e. The second-order valence-electron chi connectivity index (χ2n) is 6.14. The molecule has 2 aromatic carbocycles. The summed E-state index contributed by atoms with van der Waals surface area (Å²) in [5, 5.41) is 2.75. The maximum absolute atomic E-state index is 12.6. The highest BCUT2D eigenvalue weighted by molar-refractivity contribution is 7.89. The Morgan fingerprint density at radius 1 is 1.14 bits per heavy atom. The van der Waals surface area contributed by atoms with E-state index in [0.717, 1.165) is 5.56 Å². The average molecular weight is 402 g/mol. The monoisotopic (exact) mass is 402 g/mol. The van der Waals surface area contributed by atoms with Gasteiger partial charge in [0.25, 0.3) is 0 Å². The Bertz CT molecular complexity index is 949. The van der Waals surface area contributed by atoms with Crippen LogP contribution >= 0.6 is 0 Å². The number of methoxy groups -OCH3 is 1. The summed E-state index contributed by atoms with van der Waals surface area (Å²) in [5.74, 6) is 0.358. The van der Waals surface area contributed by atoms with E-state index in [1.807, 2.05) is 0 Å². The first kappa shape index (κ1) is 20.1. The zero-order valence-corrected chi connectivity index (χ0v) is 16.3. The van der Waals surface area contributed by atoms with Gasteiger partial charge in [0, 0.05) is 30.9 Å². The SMILES string of the molecule is COc1cccc(NC(=O)/C=C/c2ccc(S(=O)(=O)N3CCOCC3)cc2)c1. The van der Waals surface area contributed by atoms with E-state index in [-0.39, 0.29) is 10.8 Å². The van der Waals surface area contributed by atoms with Gasteiger partial charge in [-0.3, -0.25) is 4.79 Å². The molecule has 1 aliphatic heterocycles. The molecule has 1 fully saturated rings. The molecule has 0 radical (unpaired) electrons. The number of anilines is 1.